The number of urea groups is 1. The summed E-state index contributed by atoms with van der Waals surface area (Å²) in [6.07, 6.45) is 1.45. The SMILES string of the molecule is COC(=O)c1ccc(CN2C(=O)NC(=Cc3cc(OC)c(O)cc3Br)C2=O)o1. The number of imide groups is 1. The molecule has 0 spiro atoms. The van der Waals surface area contributed by atoms with Crippen LogP contribution in [0.4, 0.5) is 4.79 Å². The molecule has 146 valence electrons. The molecule has 1 fully saturated rings. The fraction of sp³-hybridized carbons (Fsp3) is 0.167. The predicted molar refractivity (Wildman–Crippen MR) is 99.5 cm³/mol. The van der Waals surface area contributed by atoms with E-state index in [-0.39, 0.29) is 35.3 Å². The van der Waals surface area contributed by atoms with Gasteiger partial charge in [0.1, 0.15) is 11.5 Å². The summed E-state index contributed by atoms with van der Waals surface area (Å²) in [6, 6.07) is 5.19. The first-order chi connectivity index (χ1) is 13.3. The Labute approximate surface area is 167 Å². The van der Waals surface area contributed by atoms with E-state index in [9.17, 15) is 19.5 Å². The zero-order chi connectivity index (χ0) is 20.4. The molecule has 1 aromatic carbocycles. The first-order valence-corrected chi connectivity index (χ1v) is 8.71. The van der Waals surface area contributed by atoms with Crippen LogP contribution in [-0.2, 0) is 16.1 Å². The van der Waals surface area contributed by atoms with E-state index in [2.05, 4.69) is 26.0 Å². The minimum atomic E-state index is -0.657. The molecule has 2 N–H and O–H groups in total. The summed E-state index contributed by atoms with van der Waals surface area (Å²) in [6.45, 7) is -0.154. The number of hydrogen-bond donors (Lipinski definition) is 2. The smallest absolute Gasteiger partial charge is 0.373 e. The van der Waals surface area contributed by atoms with Crippen molar-refractivity contribution >= 4 is 39.9 Å². The Kier molecular flexibility index (Phi) is 5.41. The number of halogens is 1. The number of methoxy groups -OCH3 is 2. The van der Waals surface area contributed by atoms with Gasteiger partial charge in [0.05, 0.1) is 20.8 Å². The number of nitrogens with zero attached hydrogens (tertiary/aromatic N) is 1. The highest BCUT2D eigenvalue weighted by molar-refractivity contribution is 9.10. The predicted octanol–water partition coefficient (Wildman–Crippen LogP) is 2.64. The number of rotatable bonds is 5. The van der Waals surface area contributed by atoms with Crippen LogP contribution in [0.15, 0.2) is 38.9 Å². The number of ether oxygens (including phenoxy) is 2. The second kappa shape index (κ2) is 7.77. The van der Waals surface area contributed by atoms with Crippen LogP contribution in [-0.4, -0.2) is 42.1 Å². The normalized spacial score (nSPS) is 15.1. The summed E-state index contributed by atoms with van der Waals surface area (Å²) >= 11 is 3.29. The molecule has 2 aromatic rings. The monoisotopic (exact) mass is 450 g/mol. The maximum atomic E-state index is 12.6. The van der Waals surface area contributed by atoms with E-state index in [4.69, 9.17) is 9.15 Å². The van der Waals surface area contributed by atoms with Crippen molar-refractivity contribution in [2.24, 2.45) is 0 Å². The molecule has 1 aliphatic rings. The summed E-state index contributed by atoms with van der Waals surface area (Å²) in [4.78, 5) is 37.2. The van der Waals surface area contributed by atoms with Crippen LogP contribution in [0.25, 0.3) is 6.08 Å². The average molecular weight is 451 g/mol. The Balaban J connectivity index is 1.83. The topological polar surface area (TPSA) is 118 Å². The highest BCUT2D eigenvalue weighted by Gasteiger charge is 2.34. The second-order valence-electron chi connectivity index (χ2n) is 5.68. The summed E-state index contributed by atoms with van der Waals surface area (Å²) in [5.41, 5.74) is 0.560. The van der Waals surface area contributed by atoms with Crippen LogP contribution in [0.5, 0.6) is 11.5 Å². The quantitative estimate of drug-likeness (QED) is 0.408. The largest absolute Gasteiger partial charge is 0.504 e. The highest BCUT2D eigenvalue weighted by Crippen LogP contribution is 2.33. The number of phenols is 1. The van der Waals surface area contributed by atoms with Gasteiger partial charge in [-0.1, -0.05) is 15.9 Å². The van der Waals surface area contributed by atoms with Crippen LogP contribution in [0.2, 0.25) is 0 Å². The van der Waals surface area contributed by atoms with Crippen molar-refractivity contribution < 1.29 is 33.4 Å². The van der Waals surface area contributed by atoms with Crippen molar-refractivity contribution in [1.82, 2.24) is 10.2 Å². The lowest BCUT2D eigenvalue weighted by Gasteiger charge is -2.09. The number of carbonyl (C=O) groups is 3. The maximum absolute atomic E-state index is 12.6. The molecule has 9 nitrogen and oxygen atoms in total. The summed E-state index contributed by atoms with van der Waals surface area (Å²) in [7, 11) is 2.62. The first-order valence-electron chi connectivity index (χ1n) is 7.92. The lowest BCUT2D eigenvalue weighted by molar-refractivity contribution is -0.123. The Morgan fingerprint density at radius 3 is 2.75 bits per heavy atom. The molecule has 0 atom stereocenters. The zero-order valence-electron chi connectivity index (χ0n) is 14.8. The Hall–Kier alpha value is -3.27. The van der Waals surface area contributed by atoms with Gasteiger partial charge < -0.3 is 24.3 Å². The lowest BCUT2D eigenvalue weighted by Crippen LogP contribution is -2.30. The highest BCUT2D eigenvalue weighted by atomic mass is 79.9. The molecule has 0 unspecified atom stereocenters. The van der Waals surface area contributed by atoms with Crippen LogP contribution in [0, 0.1) is 0 Å². The number of furan rings is 1. The van der Waals surface area contributed by atoms with Crippen molar-refractivity contribution in [3.8, 4) is 11.5 Å². The minimum absolute atomic E-state index is 0.0274. The lowest BCUT2D eigenvalue weighted by atomic mass is 10.1. The number of esters is 1. The average Bonchev–Trinajstić information content (AvgIpc) is 3.24. The summed E-state index contributed by atoms with van der Waals surface area (Å²) < 4.78 is 15.4. The van der Waals surface area contributed by atoms with Gasteiger partial charge in [-0.15, -0.1) is 0 Å². The molecule has 0 bridgehead atoms. The molecular weight excluding hydrogens is 436 g/mol. The first kappa shape index (κ1) is 19.5. The fourth-order valence-corrected chi connectivity index (χ4v) is 2.98. The van der Waals surface area contributed by atoms with E-state index in [1.165, 1.54) is 44.6 Å². The molecule has 0 saturated carbocycles. The van der Waals surface area contributed by atoms with Gasteiger partial charge in [0.15, 0.2) is 11.5 Å². The van der Waals surface area contributed by atoms with Gasteiger partial charge in [0.25, 0.3) is 5.91 Å². The third kappa shape index (κ3) is 3.72. The number of aromatic hydroxyl groups is 1. The van der Waals surface area contributed by atoms with Gasteiger partial charge >= 0.3 is 12.0 Å². The van der Waals surface area contributed by atoms with Crippen molar-refractivity contribution in [2.45, 2.75) is 6.54 Å². The van der Waals surface area contributed by atoms with Crippen molar-refractivity contribution in [2.75, 3.05) is 14.2 Å². The fourth-order valence-electron chi connectivity index (χ4n) is 2.53. The number of carbonyl (C=O) groups excluding carboxylic acids is 3. The number of phenolic OH excluding ortho intramolecular Hbond substituents is 1. The van der Waals surface area contributed by atoms with E-state index in [1.807, 2.05) is 0 Å². The van der Waals surface area contributed by atoms with E-state index < -0.39 is 17.9 Å². The van der Waals surface area contributed by atoms with E-state index in [1.54, 1.807) is 0 Å². The molecule has 3 amide bonds. The summed E-state index contributed by atoms with van der Waals surface area (Å²) in [5, 5.41) is 12.3. The molecule has 1 aliphatic heterocycles. The molecule has 10 heteroatoms. The third-order valence-corrected chi connectivity index (χ3v) is 4.61. The number of benzene rings is 1. The van der Waals surface area contributed by atoms with Gasteiger partial charge in [0, 0.05) is 4.47 Å². The molecule has 1 aromatic heterocycles. The maximum Gasteiger partial charge on any atom is 0.373 e. The van der Waals surface area contributed by atoms with Crippen molar-refractivity contribution in [1.29, 1.82) is 0 Å². The second-order valence-corrected chi connectivity index (χ2v) is 6.54. The molecule has 1 saturated heterocycles. The molecule has 2 heterocycles. The van der Waals surface area contributed by atoms with Crippen molar-refractivity contribution in [3.05, 3.63) is 51.5 Å². The number of amides is 3. The van der Waals surface area contributed by atoms with Gasteiger partial charge in [-0.3, -0.25) is 9.69 Å². The molecular formula is C18H15BrN2O7. The van der Waals surface area contributed by atoms with Crippen LogP contribution >= 0.6 is 15.9 Å². The van der Waals surface area contributed by atoms with E-state index in [0.29, 0.717) is 10.0 Å². The van der Waals surface area contributed by atoms with Crippen LogP contribution < -0.4 is 10.1 Å². The molecule has 28 heavy (non-hydrogen) atoms. The number of nitrogens with one attached hydrogen (secondary N) is 1. The van der Waals surface area contributed by atoms with Crippen LogP contribution in [0.3, 0.4) is 0 Å². The Bertz CT molecular complexity index is 996. The van der Waals surface area contributed by atoms with Crippen molar-refractivity contribution in [3.63, 3.8) is 0 Å². The summed E-state index contributed by atoms with van der Waals surface area (Å²) in [5.74, 6) is -0.859. The molecule has 3 rings (SSSR count). The standard InChI is InChI=1S/C18H15BrN2O7/c1-26-15-6-9(11(19)7-13(15)22)5-12-16(23)21(18(25)20-12)8-10-3-4-14(28-10)17(24)27-2/h3-7,22H,8H2,1-2H3,(H,20,25). The number of hydrogen-bond acceptors (Lipinski definition) is 7. The third-order valence-electron chi connectivity index (χ3n) is 3.92. The van der Waals surface area contributed by atoms with Gasteiger partial charge in [-0.2, -0.15) is 0 Å². The van der Waals surface area contributed by atoms with Gasteiger partial charge in [0.2, 0.25) is 5.76 Å². The van der Waals surface area contributed by atoms with E-state index >= 15 is 0 Å². The van der Waals surface area contributed by atoms with Gasteiger partial charge in [-0.05, 0) is 35.9 Å². The Morgan fingerprint density at radius 2 is 2.07 bits per heavy atom. The molecule has 0 radical (unpaired) electrons. The zero-order valence-corrected chi connectivity index (χ0v) is 16.4. The van der Waals surface area contributed by atoms with Gasteiger partial charge in [-0.25, -0.2) is 9.59 Å². The van der Waals surface area contributed by atoms with E-state index in [0.717, 1.165) is 4.90 Å². The molecule has 0 aliphatic carbocycles. The minimum Gasteiger partial charge on any atom is -0.504 e. The van der Waals surface area contributed by atoms with Crippen LogP contribution in [0.1, 0.15) is 21.9 Å². The Morgan fingerprint density at radius 1 is 1.32 bits per heavy atom.